The number of carbonyl (C=O) groups excluding carboxylic acids is 1. The minimum Gasteiger partial charge on any atom is -0.497 e. The van der Waals surface area contributed by atoms with Crippen LogP contribution in [0.3, 0.4) is 0 Å². The molecule has 0 spiro atoms. The Kier molecular flexibility index (Phi) is 8.46. The van der Waals surface area contributed by atoms with Gasteiger partial charge in [0.1, 0.15) is 18.1 Å². The lowest BCUT2D eigenvalue weighted by molar-refractivity contribution is -0.113. The molecule has 3 aromatic carbocycles. The predicted molar refractivity (Wildman–Crippen MR) is 152 cm³/mol. The number of ether oxygens (including phenoxy) is 4. The predicted octanol–water partition coefficient (Wildman–Crippen LogP) is 7.11. The van der Waals surface area contributed by atoms with E-state index in [0.717, 1.165) is 11.1 Å². The molecule has 4 rings (SSSR count). The van der Waals surface area contributed by atoms with Crippen molar-refractivity contribution in [3.05, 3.63) is 80.1 Å². The van der Waals surface area contributed by atoms with Gasteiger partial charge in [0.05, 0.1) is 36.4 Å². The molecule has 10 heteroatoms. The topological polar surface area (TPSA) is 57.2 Å². The van der Waals surface area contributed by atoms with Crippen LogP contribution in [0.5, 0.6) is 23.0 Å². The maximum atomic E-state index is 13.4. The molecule has 0 atom stereocenters. The summed E-state index contributed by atoms with van der Waals surface area (Å²) in [6, 6.07) is 16.3. The molecule has 0 aromatic heterocycles. The van der Waals surface area contributed by atoms with Gasteiger partial charge in [0.25, 0.3) is 5.91 Å². The first kappa shape index (κ1) is 26.3. The van der Waals surface area contributed by atoms with Gasteiger partial charge in [-0.3, -0.25) is 9.69 Å². The van der Waals surface area contributed by atoms with E-state index in [0.29, 0.717) is 47.4 Å². The van der Waals surface area contributed by atoms with Crippen LogP contribution in [0.15, 0.2) is 64.0 Å². The molecule has 1 heterocycles. The van der Waals surface area contributed by atoms with Gasteiger partial charge in [-0.15, -0.1) is 0 Å². The van der Waals surface area contributed by atoms with E-state index in [2.05, 4.69) is 15.9 Å². The van der Waals surface area contributed by atoms with Gasteiger partial charge in [0.2, 0.25) is 0 Å². The standard InChI is InChI=1S/C26H21BrClNO5S2/c1-31-17-8-9-21(32-2)20(13-17)29-25(30)23(36-26(29)35)12-15-10-18(27)24(22(11-15)33-3)34-14-16-6-4-5-7-19(16)28/h4-13H,14H2,1-3H3/b23-12-. The Bertz CT molecular complexity index is 1360. The zero-order valence-corrected chi connectivity index (χ0v) is 23.5. The highest BCUT2D eigenvalue weighted by molar-refractivity contribution is 9.10. The van der Waals surface area contributed by atoms with Crippen LogP contribution < -0.4 is 23.8 Å². The van der Waals surface area contributed by atoms with Crippen molar-refractivity contribution >= 4 is 73.5 Å². The average molecular weight is 607 g/mol. The van der Waals surface area contributed by atoms with Crippen molar-refractivity contribution in [3.8, 4) is 23.0 Å². The van der Waals surface area contributed by atoms with Crippen molar-refractivity contribution in [1.29, 1.82) is 0 Å². The van der Waals surface area contributed by atoms with Crippen LogP contribution in [0.1, 0.15) is 11.1 Å². The summed E-state index contributed by atoms with van der Waals surface area (Å²) < 4.78 is 23.4. The summed E-state index contributed by atoms with van der Waals surface area (Å²) in [6.07, 6.45) is 1.76. The fraction of sp³-hybridized carbons (Fsp3) is 0.154. The minimum absolute atomic E-state index is 0.259. The smallest absolute Gasteiger partial charge is 0.270 e. The molecule has 186 valence electrons. The molecule has 1 amide bonds. The zero-order chi connectivity index (χ0) is 25.8. The van der Waals surface area contributed by atoms with E-state index in [-0.39, 0.29) is 12.5 Å². The number of hydrogen-bond donors (Lipinski definition) is 0. The summed E-state index contributed by atoms with van der Waals surface area (Å²) in [5.41, 5.74) is 2.11. The van der Waals surface area contributed by atoms with E-state index in [1.807, 2.05) is 30.3 Å². The van der Waals surface area contributed by atoms with Gasteiger partial charge < -0.3 is 18.9 Å². The first-order chi connectivity index (χ1) is 17.4. The van der Waals surface area contributed by atoms with Gasteiger partial charge >= 0.3 is 0 Å². The molecular weight excluding hydrogens is 586 g/mol. The van der Waals surface area contributed by atoms with E-state index in [9.17, 15) is 4.79 Å². The molecule has 0 bridgehead atoms. The van der Waals surface area contributed by atoms with Crippen LogP contribution >= 0.6 is 51.5 Å². The molecule has 1 aliphatic rings. The van der Waals surface area contributed by atoms with Crippen LogP contribution in [-0.2, 0) is 11.4 Å². The van der Waals surface area contributed by atoms with Gasteiger partial charge in [-0.25, -0.2) is 0 Å². The lowest BCUT2D eigenvalue weighted by Crippen LogP contribution is -2.28. The number of halogens is 2. The number of amides is 1. The second-order valence-corrected chi connectivity index (χ2v) is 10.4. The Morgan fingerprint density at radius 2 is 1.78 bits per heavy atom. The molecule has 3 aromatic rings. The number of anilines is 1. The Morgan fingerprint density at radius 1 is 1.03 bits per heavy atom. The Labute approximate surface area is 232 Å². The number of thiocarbonyl (C=S) groups is 1. The largest absolute Gasteiger partial charge is 0.497 e. The number of methoxy groups -OCH3 is 3. The van der Waals surface area contributed by atoms with E-state index >= 15 is 0 Å². The molecule has 1 saturated heterocycles. The van der Waals surface area contributed by atoms with Crippen LogP contribution in [0.2, 0.25) is 5.02 Å². The monoisotopic (exact) mass is 605 g/mol. The summed E-state index contributed by atoms with van der Waals surface area (Å²) in [4.78, 5) is 15.3. The van der Waals surface area contributed by atoms with Crippen molar-refractivity contribution in [2.45, 2.75) is 6.61 Å². The molecule has 0 aliphatic carbocycles. The summed E-state index contributed by atoms with van der Waals surface area (Å²) in [5, 5.41) is 0.624. The maximum absolute atomic E-state index is 13.4. The third-order valence-corrected chi connectivity index (χ3v) is 7.56. The van der Waals surface area contributed by atoms with Gasteiger partial charge in [0.15, 0.2) is 15.8 Å². The highest BCUT2D eigenvalue weighted by Gasteiger charge is 2.35. The van der Waals surface area contributed by atoms with E-state index in [4.69, 9.17) is 42.8 Å². The number of nitrogens with zero attached hydrogens (tertiary/aromatic N) is 1. The third-order valence-electron chi connectivity index (χ3n) is 5.30. The van der Waals surface area contributed by atoms with E-state index in [1.165, 1.54) is 23.8 Å². The van der Waals surface area contributed by atoms with Crippen molar-refractivity contribution in [3.63, 3.8) is 0 Å². The van der Waals surface area contributed by atoms with Crippen molar-refractivity contribution in [2.75, 3.05) is 26.2 Å². The molecule has 1 aliphatic heterocycles. The number of benzene rings is 3. The Balaban J connectivity index is 1.62. The van der Waals surface area contributed by atoms with Gasteiger partial charge in [0, 0.05) is 16.7 Å². The first-order valence-corrected chi connectivity index (χ1v) is 13.0. The molecule has 0 saturated carbocycles. The molecular formula is C26H21BrClNO5S2. The summed E-state index contributed by atoms with van der Waals surface area (Å²) in [7, 11) is 4.66. The van der Waals surface area contributed by atoms with Crippen LogP contribution in [0.4, 0.5) is 5.69 Å². The maximum Gasteiger partial charge on any atom is 0.270 e. The fourth-order valence-corrected chi connectivity index (χ4v) is 5.58. The van der Waals surface area contributed by atoms with Crippen LogP contribution in [-0.4, -0.2) is 31.6 Å². The highest BCUT2D eigenvalue weighted by atomic mass is 79.9. The Hall–Kier alpha value is -2.72. The number of hydrogen-bond acceptors (Lipinski definition) is 7. The Morgan fingerprint density at radius 3 is 2.47 bits per heavy atom. The first-order valence-electron chi connectivity index (χ1n) is 10.6. The molecule has 0 unspecified atom stereocenters. The van der Waals surface area contributed by atoms with Crippen molar-refractivity contribution < 1.29 is 23.7 Å². The average Bonchev–Trinajstić information content (AvgIpc) is 3.15. The van der Waals surface area contributed by atoms with E-state index < -0.39 is 0 Å². The van der Waals surface area contributed by atoms with E-state index in [1.54, 1.807) is 44.6 Å². The number of thioether (sulfide) groups is 1. The SMILES string of the molecule is COc1ccc(OC)c(N2C(=O)/C(=C/c3cc(Br)c(OCc4ccccc4Cl)c(OC)c3)SC2=S)c1. The van der Waals surface area contributed by atoms with Crippen molar-refractivity contribution in [2.24, 2.45) is 0 Å². The second-order valence-electron chi connectivity index (χ2n) is 7.47. The molecule has 0 N–H and O–H groups in total. The quantitative estimate of drug-likeness (QED) is 0.200. The fourth-order valence-electron chi connectivity index (χ4n) is 3.53. The summed E-state index contributed by atoms with van der Waals surface area (Å²) >= 11 is 16.6. The molecule has 1 fully saturated rings. The lowest BCUT2D eigenvalue weighted by atomic mass is 10.1. The van der Waals surface area contributed by atoms with Crippen LogP contribution in [0.25, 0.3) is 6.08 Å². The summed E-state index contributed by atoms with van der Waals surface area (Å²) in [5.74, 6) is 1.88. The number of carbonyl (C=O) groups is 1. The summed E-state index contributed by atoms with van der Waals surface area (Å²) in [6.45, 7) is 0.273. The van der Waals surface area contributed by atoms with Crippen LogP contribution in [0, 0.1) is 0 Å². The van der Waals surface area contributed by atoms with Gasteiger partial charge in [-0.1, -0.05) is 53.8 Å². The molecule has 36 heavy (non-hydrogen) atoms. The molecule has 6 nitrogen and oxygen atoms in total. The number of rotatable bonds is 8. The lowest BCUT2D eigenvalue weighted by Gasteiger charge is -2.18. The highest BCUT2D eigenvalue weighted by Crippen LogP contribution is 2.43. The molecule has 0 radical (unpaired) electrons. The third kappa shape index (κ3) is 5.49. The minimum atomic E-state index is -0.259. The van der Waals surface area contributed by atoms with Gasteiger partial charge in [-0.05, 0) is 57.9 Å². The second kappa shape index (κ2) is 11.6. The normalized spacial score (nSPS) is 14.4. The van der Waals surface area contributed by atoms with Gasteiger partial charge in [-0.2, -0.15) is 0 Å². The van der Waals surface area contributed by atoms with Crippen molar-refractivity contribution in [1.82, 2.24) is 0 Å². The zero-order valence-electron chi connectivity index (χ0n) is 19.5.